The molecule has 1 aromatic heterocycles. The van der Waals surface area contributed by atoms with Crippen molar-refractivity contribution in [2.45, 2.75) is 13.3 Å². The summed E-state index contributed by atoms with van der Waals surface area (Å²) in [6, 6.07) is 8.51. The standard InChI is InChI=1S/C10H11N/c1-2-8-4-3-5-10-9(8)6-7-11-10/h3-7,11H,2H2,1H3. The van der Waals surface area contributed by atoms with E-state index >= 15 is 0 Å². The molecule has 0 bridgehead atoms. The molecule has 0 spiro atoms. The van der Waals surface area contributed by atoms with E-state index in [2.05, 4.69) is 36.2 Å². The maximum atomic E-state index is 3.19. The second-order valence-electron chi connectivity index (χ2n) is 2.71. The second kappa shape index (κ2) is 2.42. The third kappa shape index (κ3) is 0.929. The van der Waals surface area contributed by atoms with Crippen LogP contribution in [0.1, 0.15) is 12.5 Å². The molecule has 0 fully saturated rings. The van der Waals surface area contributed by atoms with Gasteiger partial charge in [0.15, 0.2) is 0 Å². The van der Waals surface area contributed by atoms with E-state index in [9.17, 15) is 0 Å². The van der Waals surface area contributed by atoms with Crippen LogP contribution in [-0.2, 0) is 6.42 Å². The maximum absolute atomic E-state index is 3.19. The summed E-state index contributed by atoms with van der Waals surface area (Å²) in [7, 11) is 0. The van der Waals surface area contributed by atoms with Crippen molar-refractivity contribution >= 4 is 10.9 Å². The van der Waals surface area contributed by atoms with Gasteiger partial charge in [0.1, 0.15) is 0 Å². The molecular weight excluding hydrogens is 134 g/mol. The lowest BCUT2D eigenvalue weighted by atomic mass is 10.1. The molecule has 56 valence electrons. The van der Waals surface area contributed by atoms with Crippen LogP contribution in [0.2, 0.25) is 0 Å². The Bertz CT molecular complexity index is 360. The van der Waals surface area contributed by atoms with Crippen molar-refractivity contribution in [3.8, 4) is 0 Å². The van der Waals surface area contributed by atoms with Gasteiger partial charge in [-0.1, -0.05) is 19.1 Å². The predicted octanol–water partition coefficient (Wildman–Crippen LogP) is 2.73. The normalized spacial score (nSPS) is 10.6. The van der Waals surface area contributed by atoms with Crippen molar-refractivity contribution in [1.82, 2.24) is 4.98 Å². The molecule has 11 heavy (non-hydrogen) atoms. The highest BCUT2D eigenvalue weighted by Crippen LogP contribution is 2.17. The SMILES string of the molecule is CCc1cccc2[nH]ccc12. The number of H-pyrrole nitrogens is 1. The topological polar surface area (TPSA) is 15.8 Å². The predicted molar refractivity (Wildman–Crippen MR) is 47.7 cm³/mol. The lowest BCUT2D eigenvalue weighted by molar-refractivity contribution is 1.16. The first-order valence-electron chi connectivity index (χ1n) is 3.97. The minimum atomic E-state index is 1.11. The van der Waals surface area contributed by atoms with Crippen LogP contribution >= 0.6 is 0 Å². The third-order valence-electron chi connectivity index (χ3n) is 2.07. The highest BCUT2D eigenvalue weighted by Gasteiger charge is 1.96. The number of hydrogen-bond acceptors (Lipinski definition) is 0. The van der Waals surface area contributed by atoms with Gasteiger partial charge in [-0.15, -0.1) is 0 Å². The van der Waals surface area contributed by atoms with Crippen LogP contribution in [0, 0.1) is 0 Å². The molecule has 0 unspecified atom stereocenters. The molecule has 2 aromatic rings. The Morgan fingerprint density at radius 3 is 3.00 bits per heavy atom. The highest BCUT2D eigenvalue weighted by atomic mass is 14.7. The molecule has 0 aliphatic rings. The Labute approximate surface area is 66.1 Å². The number of benzene rings is 1. The molecule has 1 N–H and O–H groups in total. The molecule has 0 saturated heterocycles. The molecular formula is C10H11N. The number of rotatable bonds is 1. The first-order chi connectivity index (χ1) is 5.42. The van der Waals surface area contributed by atoms with E-state index in [1.54, 1.807) is 0 Å². The van der Waals surface area contributed by atoms with Gasteiger partial charge in [0.05, 0.1) is 0 Å². The quantitative estimate of drug-likeness (QED) is 0.635. The Kier molecular flexibility index (Phi) is 1.42. The Morgan fingerprint density at radius 1 is 1.27 bits per heavy atom. The molecule has 0 saturated carbocycles. The van der Waals surface area contributed by atoms with Crippen molar-refractivity contribution < 1.29 is 0 Å². The van der Waals surface area contributed by atoms with E-state index in [4.69, 9.17) is 0 Å². The van der Waals surface area contributed by atoms with Crippen molar-refractivity contribution in [2.75, 3.05) is 0 Å². The Morgan fingerprint density at radius 2 is 2.18 bits per heavy atom. The van der Waals surface area contributed by atoms with Gasteiger partial charge in [-0.05, 0) is 24.1 Å². The van der Waals surface area contributed by atoms with Crippen molar-refractivity contribution in [3.63, 3.8) is 0 Å². The van der Waals surface area contributed by atoms with Gasteiger partial charge >= 0.3 is 0 Å². The smallest absolute Gasteiger partial charge is 0.0456 e. The van der Waals surface area contributed by atoms with Gasteiger partial charge in [-0.3, -0.25) is 0 Å². The summed E-state index contributed by atoms with van der Waals surface area (Å²) in [5, 5.41) is 1.36. The summed E-state index contributed by atoms with van der Waals surface area (Å²) >= 11 is 0. The van der Waals surface area contributed by atoms with Gasteiger partial charge in [0, 0.05) is 17.1 Å². The van der Waals surface area contributed by atoms with Crippen molar-refractivity contribution in [1.29, 1.82) is 0 Å². The first kappa shape index (κ1) is 6.47. The zero-order valence-electron chi connectivity index (χ0n) is 6.59. The fourth-order valence-corrected chi connectivity index (χ4v) is 1.46. The van der Waals surface area contributed by atoms with Crippen LogP contribution in [0.25, 0.3) is 10.9 Å². The van der Waals surface area contributed by atoms with E-state index < -0.39 is 0 Å². The number of hydrogen-bond donors (Lipinski definition) is 1. The number of aryl methyl sites for hydroxylation is 1. The molecule has 1 heterocycles. The summed E-state index contributed by atoms with van der Waals surface area (Å²) in [6.07, 6.45) is 3.10. The van der Waals surface area contributed by atoms with E-state index in [0.29, 0.717) is 0 Å². The molecule has 1 nitrogen and oxygen atoms in total. The fraction of sp³-hybridized carbons (Fsp3) is 0.200. The van der Waals surface area contributed by atoms with Crippen LogP contribution in [-0.4, -0.2) is 4.98 Å². The summed E-state index contributed by atoms with van der Waals surface area (Å²) in [5.41, 5.74) is 2.66. The van der Waals surface area contributed by atoms with Crippen molar-refractivity contribution in [3.05, 3.63) is 36.0 Å². The average molecular weight is 145 g/mol. The summed E-state index contributed by atoms with van der Waals surface area (Å²) in [6.45, 7) is 2.18. The minimum absolute atomic E-state index is 1.11. The lowest BCUT2D eigenvalue weighted by Crippen LogP contribution is -1.79. The minimum Gasteiger partial charge on any atom is -0.361 e. The Hall–Kier alpha value is -1.24. The summed E-state index contributed by atoms with van der Waals surface area (Å²) < 4.78 is 0. The van der Waals surface area contributed by atoms with Crippen LogP contribution in [0.3, 0.4) is 0 Å². The molecule has 1 heteroatoms. The third-order valence-corrected chi connectivity index (χ3v) is 2.07. The molecule has 0 aliphatic heterocycles. The number of aromatic amines is 1. The van der Waals surface area contributed by atoms with Crippen molar-refractivity contribution in [2.24, 2.45) is 0 Å². The van der Waals surface area contributed by atoms with E-state index in [0.717, 1.165) is 6.42 Å². The highest BCUT2D eigenvalue weighted by molar-refractivity contribution is 5.82. The summed E-state index contributed by atoms with van der Waals surface area (Å²) in [5.74, 6) is 0. The average Bonchev–Trinajstić information content (AvgIpc) is 2.50. The molecule has 0 amide bonds. The van der Waals surface area contributed by atoms with E-state index in [-0.39, 0.29) is 0 Å². The van der Waals surface area contributed by atoms with Gasteiger partial charge < -0.3 is 4.98 Å². The summed E-state index contributed by atoms with van der Waals surface area (Å²) in [4.78, 5) is 3.19. The molecule has 2 rings (SSSR count). The number of nitrogens with one attached hydrogen (secondary N) is 1. The first-order valence-corrected chi connectivity index (χ1v) is 3.97. The van der Waals surface area contributed by atoms with Crippen LogP contribution in [0.5, 0.6) is 0 Å². The largest absolute Gasteiger partial charge is 0.361 e. The molecule has 0 atom stereocenters. The molecule has 1 aromatic carbocycles. The van der Waals surface area contributed by atoms with Gasteiger partial charge in [0.25, 0.3) is 0 Å². The zero-order chi connectivity index (χ0) is 7.68. The number of aromatic nitrogens is 1. The Balaban J connectivity index is 2.79. The monoisotopic (exact) mass is 145 g/mol. The van der Waals surface area contributed by atoms with Crippen LogP contribution in [0.15, 0.2) is 30.5 Å². The number of fused-ring (bicyclic) bond motifs is 1. The van der Waals surface area contributed by atoms with Crippen LogP contribution in [0.4, 0.5) is 0 Å². The van der Waals surface area contributed by atoms with Gasteiger partial charge in [-0.2, -0.15) is 0 Å². The molecule has 0 aliphatic carbocycles. The van der Waals surface area contributed by atoms with Gasteiger partial charge in [-0.25, -0.2) is 0 Å². The fourth-order valence-electron chi connectivity index (χ4n) is 1.46. The van der Waals surface area contributed by atoms with E-state index in [1.807, 2.05) is 6.20 Å². The zero-order valence-corrected chi connectivity index (χ0v) is 6.59. The maximum Gasteiger partial charge on any atom is 0.0456 e. The van der Waals surface area contributed by atoms with Crippen LogP contribution < -0.4 is 0 Å². The van der Waals surface area contributed by atoms with E-state index in [1.165, 1.54) is 16.5 Å². The second-order valence-corrected chi connectivity index (χ2v) is 2.71. The molecule has 0 radical (unpaired) electrons. The lowest BCUT2D eigenvalue weighted by Gasteiger charge is -1.96. The van der Waals surface area contributed by atoms with Gasteiger partial charge in [0.2, 0.25) is 0 Å².